The topological polar surface area (TPSA) is 90.6 Å². The van der Waals surface area contributed by atoms with Gasteiger partial charge in [-0.2, -0.15) is 12.7 Å². The Morgan fingerprint density at radius 3 is 2.46 bits per heavy atom. The van der Waals surface area contributed by atoms with Gasteiger partial charge >= 0.3 is 0 Å². The molecule has 1 aliphatic rings. The molecule has 8 nitrogen and oxygen atoms in total. The highest BCUT2D eigenvalue weighted by molar-refractivity contribution is 7.87. The molecule has 1 saturated heterocycles. The lowest BCUT2D eigenvalue weighted by Crippen LogP contribution is -2.56. The Bertz CT molecular complexity index is 1500. The minimum absolute atomic E-state index is 0.0681. The third-order valence-electron chi connectivity index (χ3n) is 7.11. The van der Waals surface area contributed by atoms with Crippen LogP contribution >= 0.6 is 0 Å². The molecule has 1 atom stereocenters. The maximum Gasteiger partial charge on any atom is 0.279 e. The normalized spacial score (nSPS) is 16.4. The first kappa shape index (κ1) is 26.9. The molecule has 0 aliphatic carbocycles. The van der Waals surface area contributed by atoms with Gasteiger partial charge in [-0.3, -0.25) is 0 Å². The van der Waals surface area contributed by atoms with Crippen LogP contribution in [0.15, 0.2) is 78.9 Å². The number of aryl methyl sites for hydroxylation is 1. The molecule has 39 heavy (non-hydrogen) atoms. The molecule has 3 aromatic carbocycles. The van der Waals surface area contributed by atoms with Gasteiger partial charge in [0.05, 0.1) is 18.5 Å². The Morgan fingerprint density at radius 1 is 1.00 bits per heavy atom. The number of ether oxygens (including phenoxy) is 1. The third-order valence-corrected chi connectivity index (χ3v) is 8.69. The molecule has 5 rings (SSSR count). The molecule has 4 aromatic rings. The van der Waals surface area contributed by atoms with Gasteiger partial charge in [0.15, 0.2) is 0 Å². The fourth-order valence-electron chi connectivity index (χ4n) is 5.04. The number of piperazine rings is 1. The highest BCUT2D eigenvalue weighted by atomic mass is 32.2. The summed E-state index contributed by atoms with van der Waals surface area (Å²) in [6.07, 6.45) is 0.447. The Hall–Kier alpha value is -3.66. The molecule has 0 saturated carbocycles. The number of aromatic nitrogens is 2. The van der Waals surface area contributed by atoms with E-state index in [1.807, 2.05) is 60.7 Å². The summed E-state index contributed by atoms with van der Waals surface area (Å²) in [7, 11) is -1.99. The predicted molar refractivity (Wildman–Crippen MR) is 156 cm³/mol. The molecule has 0 amide bonds. The molecule has 0 bridgehead atoms. The first-order valence-electron chi connectivity index (χ1n) is 13.2. The Kier molecular flexibility index (Phi) is 8.02. The number of methoxy groups -OCH3 is 1. The van der Waals surface area contributed by atoms with Crippen LogP contribution < -0.4 is 14.4 Å². The van der Waals surface area contributed by atoms with Crippen molar-refractivity contribution in [2.75, 3.05) is 38.2 Å². The first-order valence-corrected chi connectivity index (χ1v) is 14.6. The van der Waals surface area contributed by atoms with Gasteiger partial charge in [0.25, 0.3) is 10.2 Å². The van der Waals surface area contributed by atoms with Gasteiger partial charge in [-0.05, 0) is 55.8 Å². The van der Waals surface area contributed by atoms with E-state index in [1.165, 1.54) is 5.56 Å². The lowest BCUT2D eigenvalue weighted by Gasteiger charge is -2.40. The maximum atomic E-state index is 13.2. The molecule has 1 aliphatic heterocycles. The van der Waals surface area contributed by atoms with E-state index in [4.69, 9.17) is 9.72 Å². The number of nitrogens with one attached hydrogen (secondary N) is 2. The van der Waals surface area contributed by atoms with Crippen LogP contribution in [0.25, 0.3) is 22.6 Å². The van der Waals surface area contributed by atoms with E-state index in [0.717, 1.165) is 39.8 Å². The number of H-pyrrole nitrogens is 1. The SMILES string of the molecule is COc1ccc(-c2[nH]c(-c3ccccc3)nc2CCNS(=O)(=O)N2CCN(c3cccc(C)c3)C(C)C2)cc1. The fraction of sp³-hybridized carbons (Fsp3) is 0.300. The van der Waals surface area contributed by atoms with Crippen molar-refractivity contribution in [3.63, 3.8) is 0 Å². The van der Waals surface area contributed by atoms with Crippen LogP contribution in [0, 0.1) is 6.92 Å². The molecule has 204 valence electrons. The Balaban J connectivity index is 1.28. The zero-order valence-corrected chi connectivity index (χ0v) is 23.4. The molecule has 2 heterocycles. The quantitative estimate of drug-likeness (QED) is 0.320. The van der Waals surface area contributed by atoms with E-state index in [2.05, 4.69) is 46.7 Å². The summed E-state index contributed by atoms with van der Waals surface area (Å²) >= 11 is 0. The number of anilines is 1. The molecule has 1 unspecified atom stereocenters. The van der Waals surface area contributed by atoms with Crippen LogP contribution in [0.3, 0.4) is 0 Å². The molecule has 9 heteroatoms. The minimum Gasteiger partial charge on any atom is -0.497 e. The van der Waals surface area contributed by atoms with Crippen LogP contribution in [-0.2, 0) is 16.6 Å². The highest BCUT2D eigenvalue weighted by Gasteiger charge is 2.31. The van der Waals surface area contributed by atoms with E-state index in [-0.39, 0.29) is 12.6 Å². The van der Waals surface area contributed by atoms with Crippen LogP contribution in [0.2, 0.25) is 0 Å². The summed E-state index contributed by atoms with van der Waals surface area (Å²) in [6.45, 7) is 5.90. The van der Waals surface area contributed by atoms with E-state index < -0.39 is 10.2 Å². The van der Waals surface area contributed by atoms with Gasteiger partial charge in [-0.1, -0.05) is 42.5 Å². The second-order valence-electron chi connectivity index (χ2n) is 9.89. The Morgan fingerprint density at radius 2 is 1.77 bits per heavy atom. The molecular formula is C30H35N5O3S. The summed E-state index contributed by atoms with van der Waals surface area (Å²) in [4.78, 5) is 10.6. The van der Waals surface area contributed by atoms with Crippen molar-refractivity contribution in [1.29, 1.82) is 0 Å². The van der Waals surface area contributed by atoms with Crippen molar-refractivity contribution in [3.05, 3.63) is 90.1 Å². The second kappa shape index (κ2) is 11.6. The maximum absolute atomic E-state index is 13.2. The summed E-state index contributed by atoms with van der Waals surface area (Å²) in [5, 5.41) is 0. The van der Waals surface area contributed by atoms with E-state index in [1.54, 1.807) is 11.4 Å². The van der Waals surface area contributed by atoms with Crippen molar-refractivity contribution in [2.24, 2.45) is 0 Å². The van der Waals surface area contributed by atoms with Crippen molar-refractivity contribution in [1.82, 2.24) is 19.0 Å². The van der Waals surface area contributed by atoms with Gasteiger partial charge in [0, 0.05) is 55.5 Å². The average molecular weight is 546 g/mol. The highest BCUT2D eigenvalue weighted by Crippen LogP contribution is 2.28. The average Bonchev–Trinajstić information content (AvgIpc) is 3.37. The first-order chi connectivity index (χ1) is 18.8. The summed E-state index contributed by atoms with van der Waals surface area (Å²) < 4.78 is 36.1. The van der Waals surface area contributed by atoms with Crippen molar-refractivity contribution in [2.45, 2.75) is 26.3 Å². The number of aromatic amines is 1. The van der Waals surface area contributed by atoms with Crippen molar-refractivity contribution >= 4 is 15.9 Å². The number of hydrogen-bond acceptors (Lipinski definition) is 5. The van der Waals surface area contributed by atoms with Gasteiger partial charge in [0.2, 0.25) is 0 Å². The number of benzene rings is 3. The van der Waals surface area contributed by atoms with E-state index in [0.29, 0.717) is 26.1 Å². The monoisotopic (exact) mass is 545 g/mol. The lowest BCUT2D eigenvalue weighted by atomic mass is 10.1. The van der Waals surface area contributed by atoms with Crippen LogP contribution in [0.4, 0.5) is 5.69 Å². The van der Waals surface area contributed by atoms with Crippen molar-refractivity contribution < 1.29 is 13.2 Å². The molecular weight excluding hydrogens is 510 g/mol. The molecule has 2 N–H and O–H groups in total. The summed E-state index contributed by atoms with van der Waals surface area (Å²) in [5.41, 5.74) is 5.94. The smallest absolute Gasteiger partial charge is 0.279 e. The summed E-state index contributed by atoms with van der Waals surface area (Å²) in [6, 6.07) is 26.1. The van der Waals surface area contributed by atoms with Gasteiger partial charge in [-0.25, -0.2) is 9.71 Å². The second-order valence-corrected chi connectivity index (χ2v) is 11.6. The van der Waals surface area contributed by atoms with Crippen molar-refractivity contribution in [3.8, 4) is 28.4 Å². The fourth-order valence-corrected chi connectivity index (χ4v) is 6.32. The Labute approximate surface area is 230 Å². The standard InChI is InChI=1S/C30H35N5O3S/c1-22-8-7-11-26(20-22)35-19-18-34(21-23(35)2)39(36,37)31-17-16-28-29(24-12-14-27(38-3)15-13-24)33-30(32-28)25-9-5-4-6-10-25/h4-15,20,23,31H,16-19,21H2,1-3H3,(H,32,33). The zero-order chi connectivity index (χ0) is 27.4. The van der Waals surface area contributed by atoms with Crippen LogP contribution in [0.1, 0.15) is 18.2 Å². The number of hydrogen-bond donors (Lipinski definition) is 2. The predicted octanol–water partition coefficient (Wildman–Crippen LogP) is 4.65. The molecule has 1 aromatic heterocycles. The molecule has 0 spiro atoms. The number of imidazole rings is 1. The minimum atomic E-state index is -3.63. The molecule has 0 radical (unpaired) electrons. The molecule has 1 fully saturated rings. The zero-order valence-electron chi connectivity index (χ0n) is 22.6. The van der Waals surface area contributed by atoms with Gasteiger partial charge < -0.3 is 14.6 Å². The third kappa shape index (κ3) is 6.16. The van der Waals surface area contributed by atoms with Crippen LogP contribution in [-0.4, -0.2) is 62.0 Å². The van der Waals surface area contributed by atoms with E-state index >= 15 is 0 Å². The van der Waals surface area contributed by atoms with Gasteiger partial charge in [0.1, 0.15) is 11.6 Å². The largest absolute Gasteiger partial charge is 0.497 e. The summed E-state index contributed by atoms with van der Waals surface area (Å²) in [5.74, 6) is 1.52. The number of rotatable bonds is 9. The number of nitrogens with zero attached hydrogens (tertiary/aromatic N) is 3. The van der Waals surface area contributed by atoms with Crippen LogP contribution in [0.5, 0.6) is 5.75 Å². The van der Waals surface area contributed by atoms with E-state index in [9.17, 15) is 8.42 Å². The van der Waals surface area contributed by atoms with Gasteiger partial charge in [-0.15, -0.1) is 0 Å². The lowest BCUT2D eigenvalue weighted by molar-refractivity contribution is 0.338.